The molecule has 2 rings (SSSR count). The fourth-order valence-electron chi connectivity index (χ4n) is 4.02. The molecule has 1 aliphatic rings. The van der Waals surface area contributed by atoms with Gasteiger partial charge in [0.05, 0.1) is 0 Å². The van der Waals surface area contributed by atoms with Gasteiger partial charge in [-0.25, -0.2) is 4.39 Å². The van der Waals surface area contributed by atoms with Gasteiger partial charge in [0.15, 0.2) is 5.96 Å². The molecule has 0 spiro atoms. The minimum absolute atomic E-state index is 0.0640. The summed E-state index contributed by atoms with van der Waals surface area (Å²) in [6, 6.07) is 7.93. The van der Waals surface area contributed by atoms with Crippen LogP contribution in [-0.2, 0) is 10.2 Å². The van der Waals surface area contributed by atoms with Gasteiger partial charge in [-0.2, -0.15) is 0 Å². The highest BCUT2D eigenvalue weighted by atomic mass is 19.1. The molecule has 28 heavy (non-hydrogen) atoms. The lowest BCUT2D eigenvalue weighted by atomic mass is 9.74. The number of aliphatic imine (C=N–C) groups is 1. The maximum Gasteiger partial charge on any atom is 0.191 e. The van der Waals surface area contributed by atoms with Crippen LogP contribution in [-0.4, -0.2) is 62.8 Å². The number of nitrogens with zero attached hydrogens (tertiary/aromatic N) is 2. The highest BCUT2D eigenvalue weighted by Gasteiger charge is 2.34. The van der Waals surface area contributed by atoms with Crippen molar-refractivity contribution in [3.8, 4) is 0 Å². The fourth-order valence-corrected chi connectivity index (χ4v) is 4.02. The van der Waals surface area contributed by atoms with Gasteiger partial charge < -0.3 is 15.4 Å². The van der Waals surface area contributed by atoms with E-state index in [-0.39, 0.29) is 11.2 Å². The van der Waals surface area contributed by atoms with E-state index in [1.165, 1.54) is 0 Å². The summed E-state index contributed by atoms with van der Waals surface area (Å²) in [6.07, 6.45) is 1.83. The lowest BCUT2D eigenvalue weighted by Gasteiger charge is -2.38. The Kier molecular flexibility index (Phi) is 8.70. The van der Waals surface area contributed by atoms with Crippen LogP contribution in [0, 0.1) is 5.82 Å². The Bertz CT molecular complexity index is 601. The summed E-state index contributed by atoms with van der Waals surface area (Å²) in [5.41, 5.74) is 1.09. The molecule has 0 saturated carbocycles. The zero-order valence-electron chi connectivity index (χ0n) is 18.1. The van der Waals surface area contributed by atoms with Crippen LogP contribution in [0.25, 0.3) is 0 Å². The molecular weight excluding hydrogens is 355 g/mol. The average Bonchev–Trinajstić information content (AvgIpc) is 2.68. The Morgan fingerprint density at radius 1 is 1.11 bits per heavy atom. The summed E-state index contributed by atoms with van der Waals surface area (Å²) in [5.74, 6) is 0.608. The van der Waals surface area contributed by atoms with Gasteiger partial charge in [0, 0.05) is 57.4 Å². The molecule has 0 aliphatic carbocycles. The summed E-state index contributed by atoms with van der Waals surface area (Å²) in [5, 5.41) is 6.93. The second kappa shape index (κ2) is 10.8. The van der Waals surface area contributed by atoms with Crippen LogP contribution in [0.1, 0.15) is 46.1 Å². The van der Waals surface area contributed by atoms with Crippen molar-refractivity contribution >= 4 is 5.96 Å². The second-order valence-electron chi connectivity index (χ2n) is 8.18. The van der Waals surface area contributed by atoms with Crippen molar-refractivity contribution in [2.75, 3.05) is 39.9 Å². The van der Waals surface area contributed by atoms with Gasteiger partial charge in [0.25, 0.3) is 0 Å². The number of hydrogen-bond donors (Lipinski definition) is 2. The maximum atomic E-state index is 13.4. The Balaban J connectivity index is 1.96. The van der Waals surface area contributed by atoms with Gasteiger partial charge in [-0.15, -0.1) is 0 Å². The van der Waals surface area contributed by atoms with Crippen molar-refractivity contribution in [2.45, 2.75) is 58.0 Å². The van der Waals surface area contributed by atoms with Crippen LogP contribution >= 0.6 is 0 Å². The minimum atomic E-state index is -0.198. The molecule has 0 amide bonds. The molecule has 6 heteroatoms. The van der Waals surface area contributed by atoms with E-state index in [0.717, 1.165) is 57.2 Å². The van der Waals surface area contributed by atoms with Crippen LogP contribution < -0.4 is 10.6 Å². The molecule has 1 aliphatic heterocycles. The largest absolute Gasteiger partial charge is 0.381 e. The molecule has 0 bridgehead atoms. The molecule has 158 valence electrons. The van der Waals surface area contributed by atoms with Crippen molar-refractivity contribution in [1.29, 1.82) is 0 Å². The molecule has 2 N–H and O–H groups in total. The number of rotatable bonds is 8. The number of hydrogen-bond acceptors (Lipinski definition) is 3. The average molecular weight is 393 g/mol. The topological polar surface area (TPSA) is 48.9 Å². The zero-order chi connectivity index (χ0) is 20.6. The first-order chi connectivity index (χ1) is 13.4. The van der Waals surface area contributed by atoms with E-state index in [4.69, 9.17) is 4.74 Å². The summed E-state index contributed by atoms with van der Waals surface area (Å²) in [6.45, 7) is 12.9. The number of ether oxygens (including phenoxy) is 1. The normalized spacial score (nSPS) is 17.4. The molecule has 1 aromatic carbocycles. The number of halogens is 1. The van der Waals surface area contributed by atoms with Crippen molar-refractivity contribution in [1.82, 2.24) is 15.5 Å². The third kappa shape index (κ3) is 6.17. The van der Waals surface area contributed by atoms with Gasteiger partial charge in [-0.05, 0) is 58.2 Å². The van der Waals surface area contributed by atoms with Crippen LogP contribution in [0.15, 0.2) is 29.3 Å². The molecule has 0 radical (unpaired) electrons. The summed E-state index contributed by atoms with van der Waals surface area (Å²) in [7, 11) is 1.80. The quantitative estimate of drug-likeness (QED) is 0.527. The first kappa shape index (κ1) is 22.6. The van der Waals surface area contributed by atoms with Crippen molar-refractivity contribution in [2.24, 2.45) is 4.99 Å². The van der Waals surface area contributed by atoms with Crippen LogP contribution in [0.2, 0.25) is 0 Å². The SMILES string of the molecule is CN=C(NCCN(C(C)C)C(C)C)NCC1(c2ccc(F)cc2)CCOCC1. The van der Waals surface area contributed by atoms with Gasteiger partial charge in [0.1, 0.15) is 5.82 Å². The number of nitrogens with one attached hydrogen (secondary N) is 2. The van der Waals surface area contributed by atoms with Crippen molar-refractivity contribution in [3.05, 3.63) is 35.6 Å². The Labute approximate surface area is 169 Å². The van der Waals surface area contributed by atoms with E-state index in [9.17, 15) is 4.39 Å². The van der Waals surface area contributed by atoms with E-state index in [2.05, 4.69) is 48.2 Å². The molecular formula is C22H37FN4O. The third-order valence-electron chi connectivity index (χ3n) is 5.71. The molecule has 1 heterocycles. The van der Waals surface area contributed by atoms with E-state index in [1.54, 1.807) is 19.2 Å². The summed E-state index contributed by atoms with van der Waals surface area (Å²) in [4.78, 5) is 6.84. The van der Waals surface area contributed by atoms with Crippen LogP contribution in [0.4, 0.5) is 4.39 Å². The first-order valence-corrected chi connectivity index (χ1v) is 10.4. The van der Waals surface area contributed by atoms with Gasteiger partial charge in [-0.3, -0.25) is 9.89 Å². The third-order valence-corrected chi connectivity index (χ3v) is 5.71. The van der Waals surface area contributed by atoms with E-state index < -0.39 is 0 Å². The number of guanidine groups is 1. The second-order valence-corrected chi connectivity index (χ2v) is 8.18. The Morgan fingerprint density at radius 3 is 2.25 bits per heavy atom. The molecule has 1 aromatic rings. The predicted molar refractivity (Wildman–Crippen MR) is 114 cm³/mol. The number of benzene rings is 1. The zero-order valence-corrected chi connectivity index (χ0v) is 18.1. The molecule has 1 fully saturated rings. The van der Waals surface area contributed by atoms with Crippen molar-refractivity contribution < 1.29 is 9.13 Å². The fraction of sp³-hybridized carbons (Fsp3) is 0.682. The van der Waals surface area contributed by atoms with E-state index in [0.29, 0.717) is 12.1 Å². The van der Waals surface area contributed by atoms with Gasteiger partial charge >= 0.3 is 0 Å². The molecule has 0 atom stereocenters. The Hall–Kier alpha value is -1.66. The molecule has 0 unspecified atom stereocenters. The molecule has 5 nitrogen and oxygen atoms in total. The predicted octanol–water partition coefficient (Wildman–Crippen LogP) is 3.16. The van der Waals surface area contributed by atoms with E-state index >= 15 is 0 Å². The highest BCUT2D eigenvalue weighted by molar-refractivity contribution is 5.79. The van der Waals surface area contributed by atoms with E-state index in [1.807, 2.05) is 12.1 Å². The highest BCUT2D eigenvalue weighted by Crippen LogP contribution is 2.34. The Morgan fingerprint density at radius 2 is 1.71 bits per heavy atom. The lowest BCUT2D eigenvalue weighted by Crippen LogP contribution is -2.49. The minimum Gasteiger partial charge on any atom is -0.381 e. The van der Waals surface area contributed by atoms with Crippen LogP contribution in [0.5, 0.6) is 0 Å². The first-order valence-electron chi connectivity index (χ1n) is 10.4. The summed E-state index contributed by atoms with van der Waals surface area (Å²) < 4.78 is 19.0. The standard InChI is InChI=1S/C22H37FN4O/c1-17(2)27(18(3)4)13-12-25-21(24-5)26-16-22(10-14-28-15-11-22)19-6-8-20(23)9-7-19/h6-9,17-18H,10-16H2,1-5H3,(H2,24,25,26). The van der Waals surface area contributed by atoms with Gasteiger partial charge in [-0.1, -0.05) is 12.1 Å². The van der Waals surface area contributed by atoms with Crippen LogP contribution in [0.3, 0.4) is 0 Å². The molecule has 1 saturated heterocycles. The maximum absolute atomic E-state index is 13.4. The molecule has 0 aromatic heterocycles. The summed E-state index contributed by atoms with van der Waals surface area (Å²) >= 11 is 0. The smallest absolute Gasteiger partial charge is 0.191 e. The van der Waals surface area contributed by atoms with Gasteiger partial charge in [0.2, 0.25) is 0 Å². The van der Waals surface area contributed by atoms with Crippen molar-refractivity contribution in [3.63, 3.8) is 0 Å². The lowest BCUT2D eigenvalue weighted by molar-refractivity contribution is 0.0513. The monoisotopic (exact) mass is 392 g/mol.